The Hall–Kier alpha value is -3.38. The lowest BCUT2D eigenvalue weighted by Gasteiger charge is -2.21. The quantitative estimate of drug-likeness (QED) is 0.672. The van der Waals surface area contributed by atoms with Crippen molar-refractivity contribution in [3.63, 3.8) is 0 Å². The lowest BCUT2D eigenvalue weighted by atomic mass is 10.0. The molecule has 2 N–H and O–H groups in total. The topological polar surface area (TPSA) is 88.8 Å². The molecule has 0 amide bonds. The summed E-state index contributed by atoms with van der Waals surface area (Å²) in [6.45, 7) is -0.275. The number of hydrogen-bond acceptors (Lipinski definition) is 4. The van der Waals surface area contributed by atoms with Crippen LogP contribution in [0.15, 0.2) is 77.7 Å². The standard InChI is InChI=1S/C21H19NO5/c23-17-11-12-22(13-18(24)25)19(20(26)16-9-5-2-6-10-16)21(17)27-14-15-7-3-1-4-8-15/h1-12,20,26H,13-14H2,(H,24,25). The Balaban J connectivity index is 2.04. The minimum Gasteiger partial charge on any atom is -0.483 e. The second-order valence-electron chi connectivity index (χ2n) is 6.00. The molecule has 0 aliphatic rings. The molecule has 2 aromatic carbocycles. The van der Waals surface area contributed by atoms with E-state index in [1.54, 1.807) is 30.3 Å². The summed E-state index contributed by atoms with van der Waals surface area (Å²) in [6.07, 6.45) is 0.151. The van der Waals surface area contributed by atoms with Gasteiger partial charge in [-0.1, -0.05) is 60.7 Å². The Morgan fingerprint density at radius 3 is 2.26 bits per heavy atom. The highest BCUT2D eigenvalue weighted by molar-refractivity contribution is 5.66. The van der Waals surface area contributed by atoms with E-state index < -0.39 is 24.0 Å². The summed E-state index contributed by atoms with van der Waals surface area (Å²) < 4.78 is 7.05. The molecule has 1 heterocycles. The molecule has 0 aliphatic heterocycles. The maximum absolute atomic E-state index is 12.4. The SMILES string of the molecule is O=C(O)Cn1ccc(=O)c(OCc2ccccc2)c1C(O)c1ccccc1. The third-order valence-corrected chi connectivity index (χ3v) is 4.08. The molecule has 1 atom stereocenters. The first-order valence-corrected chi connectivity index (χ1v) is 8.41. The van der Waals surface area contributed by atoms with Gasteiger partial charge in [-0.15, -0.1) is 0 Å². The fraction of sp³-hybridized carbons (Fsp3) is 0.143. The van der Waals surface area contributed by atoms with Crippen LogP contribution in [0.1, 0.15) is 22.9 Å². The number of aliphatic carboxylic acids is 1. The third-order valence-electron chi connectivity index (χ3n) is 4.08. The van der Waals surface area contributed by atoms with E-state index >= 15 is 0 Å². The number of aliphatic hydroxyl groups is 1. The second-order valence-corrected chi connectivity index (χ2v) is 6.00. The van der Waals surface area contributed by atoms with Crippen LogP contribution in [0.3, 0.4) is 0 Å². The van der Waals surface area contributed by atoms with E-state index in [9.17, 15) is 19.8 Å². The summed E-state index contributed by atoms with van der Waals surface area (Å²) in [5.74, 6) is -1.15. The summed E-state index contributed by atoms with van der Waals surface area (Å²) in [6, 6.07) is 19.2. The minimum absolute atomic E-state index is 0.0565. The zero-order valence-corrected chi connectivity index (χ0v) is 14.5. The van der Waals surface area contributed by atoms with Crippen molar-refractivity contribution in [3.8, 4) is 5.75 Å². The van der Waals surface area contributed by atoms with E-state index in [-0.39, 0.29) is 18.1 Å². The first-order chi connectivity index (χ1) is 13.1. The van der Waals surface area contributed by atoms with E-state index in [1.165, 1.54) is 16.8 Å². The molecule has 0 saturated heterocycles. The highest BCUT2D eigenvalue weighted by atomic mass is 16.5. The molecule has 0 bridgehead atoms. The van der Waals surface area contributed by atoms with Crippen LogP contribution < -0.4 is 10.2 Å². The molecule has 0 aliphatic carbocycles. The average molecular weight is 365 g/mol. The van der Waals surface area contributed by atoms with Crippen LogP contribution in [-0.4, -0.2) is 20.7 Å². The van der Waals surface area contributed by atoms with Crippen molar-refractivity contribution in [1.29, 1.82) is 0 Å². The molecule has 0 fully saturated rings. The number of carboxylic acid groups (broad SMARTS) is 1. The van der Waals surface area contributed by atoms with E-state index in [1.807, 2.05) is 30.3 Å². The van der Waals surface area contributed by atoms with Crippen molar-refractivity contribution in [2.75, 3.05) is 0 Å². The molecule has 1 unspecified atom stereocenters. The van der Waals surface area contributed by atoms with Gasteiger partial charge in [-0.3, -0.25) is 9.59 Å². The predicted molar refractivity (Wildman–Crippen MR) is 99.6 cm³/mol. The van der Waals surface area contributed by atoms with Crippen molar-refractivity contribution < 1.29 is 19.7 Å². The van der Waals surface area contributed by atoms with Gasteiger partial charge in [0.2, 0.25) is 5.43 Å². The fourth-order valence-corrected chi connectivity index (χ4v) is 2.80. The monoisotopic (exact) mass is 365 g/mol. The first-order valence-electron chi connectivity index (χ1n) is 8.41. The number of ether oxygens (including phenoxy) is 1. The number of aliphatic hydroxyl groups excluding tert-OH is 1. The summed E-state index contributed by atoms with van der Waals surface area (Å²) in [7, 11) is 0. The normalized spacial score (nSPS) is 11.7. The molecule has 3 rings (SSSR count). The first kappa shape index (κ1) is 18.4. The van der Waals surface area contributed by atoms with Gasteiger partial charge < -0.3 is 19.5 Å². The van der Waals surface area contributed by atoms with Gasteiger partial charge in [0.1, 0.15) is 19.3 Å². The number of rotatable bonds is 7. The van der Waals surface area contributed by atoms with Crippen LogP contribution >= 0.6 is 0 Å². The van der Waals surface area contributed by atoms with E-state index in [2.05, 4.69) is 0 Å². The lowest BCUT2D eigenvalue weighted by Crippen LogP contribution is -2.22. The molecular formula is C21H19NO5. The fourth-order valence-electron chi connectivity index (χ4n) is 2.80. The number of hydrogen-bond donors (Lipinski definition) is 2. The summed E-state index contributed by atoms with van der Waals surface area (Å²) >= 11 is 0. The molecule has 3 aromatic rings. The summed E-state index contributed by atoms with van der Waals surface area (Å²) in [5.41, 5.74) is 1.09. The third kappa shape index (κ3) is 4.43. The molecule has 6 heteroatoms. The zero-order valence-electron chi connectivity index (χ0n) is 14.5. The van der Waals surface area contributed by atoms with Crippen LogP contribution in [0.25, 0.3) is 0 Å². The lowest BCUT2D eigenvalue weighted by molar-refractivity contribution is -0.137. The highest BCUT2D eigenvalue weighted by Gasteiger charge is 2.23. The molecular weight excluding hydrogens is 346 g/mol. The number of benzene rings is 2. The summed E-state index contributed by atoms with van der Waals surface area (Å²) in [5, 5.41) is 20.0. The van der Waals surface area contributed by atoms with Crippen molar-refractivity contribution in [2.24, 2.45) is 0 Å². The summed E-state index contributed by atoms with van der Waals surface area (Å²) in [4.78, 5) is 23.7. The Morgan fingerprint density at radius 2 is 1.63 bits per heavy atom. The zero-order chi connectivity index (χ0) is 19.2. The van der Waals surface area contributed by atoms with Crippen LogP contribution in [0.2, 0.25) is 0 Å². The van der Waals surface area contributed by atoms with Gasteiger partial charge in [-0.05, 0) is 11.1 Å². The Morgan fingerprint density at radius 1 is 1.00 bits per heavy atom. The van der Waals surface area contributed by atoms with Crippen molar-refractivity contribution in [2.45, 2.75) is 19.3 Å². The van der Waals surface area contributed by atoms with Crippen LogP contribution in [0.4, 0.5) is 0 Å². The van der Waals surface area contributed by atoms with Crippen molar-refractivity contribution in [1.82, 2.24) is 4.57 Å². The predicted octanol–water partition coefficient (Wildman–Crippen LogP) is 2.59. The minimum atomic E-state index is -1.20. The van der Waals surface area contributed by atoms with Gasteiger partial charge >= 0.3 is 5.97 Å². The molecule has 27 heavy (non-hydrogen) atoms. The molecule has 0 spiro atoms. The van der Waals surface area contributed by atoms with E-state index in [0.29, 0.717) is 5.56 Å². The number of aromatic nitrogens is 1. The van der Waals surface area contributed by atoms with Gasteiger partial charge in [0.25, 0.3) is 0 Å². The van der Waals surface area contributed by atoms with Crippen LogP contribution in [0, 0.1) is 0 Å². The number of nitrogens with zero attached hydrogens (tertiary/aromatic N) is 1. The maximum Gasteiger partial charge on any atom is 0.323 e. The van der Waals surface area contributed by atoms with E-state index in [4.69, 9.17) is 4.74 Å². The molecule has 6 nitrogen and oxygen atoms in total. The van der Waals surface area contributed by atoms with Crippen molar-refractivity contribution in [3.05, 3.63) is 100.0 Å². The molecule has 0 saturated carbocycles. The largest absolute Gasteiger partial charge is 0.483 e. The molecule has 1 aromatic heterocycles. The highest BCUT2D eigenvalue weighted by Crippen LogP contribution is 2.28. The number of carboxylic acids is 1. The van der Waals surface area contributed by atoms with Gasteiger partial charge in [-0.25, -0.2) is 0 Å². The van der Waals surface area contributed by atoms with Crippen molar-refractivity contribution >= 4 is 5.97 Å². The molecule has 0 radical (unpaired) electrons. The Labute approximate surface area is 155 Å². The van der Waals surface area contributed by atoms with Crippen LogP contribution in [-0.2, 0) is 17.9 Å². The van der Waals surface area contributed by atoms with Gasteiger partial charge in [-0.2, -0.15) is 0 Å². The Bertz CT molecular complexity index is 967. The number of carbonyl (C=O) groups is 1. The second kappa shape index (κ2) is 8.33. The van der Waals surface area contributed by atoms with Gasteiger partial charge in [0.05, 0.1) is 5.69 Å². The maximum atomic E-state index is 12.4. The smallest absolute Gasteiger partial charge is 0.323 e. The average Bonchev–Trinajstić information content (AvgIpc) is 2.68. The van der Waals surface area contributed by atoms with Gasteiger partial charge in [0, 0.05) is 12.3 Å². The Kier molecular flexibility index (Phi) is 5.68. The number of pyridine rings is 1. The van der Waals surface area contributed by atoms with Gasteiger partial charge in [0.15, 0.2) is 5.75 Å². The van der Waals surface area contributed by atoms with Crippen LogP contribution in [0.5, 0.6) is 5.75 Å². The van der Waals surface area contributed by atoms with E-state index in [0.717, 1.165) is 5.56 Å². The molecule has 138 valence electrons.